The summed E-state index contributed by atoms with van der Waals surface area (Å²) in [6, 6.07) is 8.07. The van der Waals surface area contributed by atoms with Crippen molar-refractivity contribution in [2.24, 2.45) is 0 Å². The van der Waals surface area contributed by atoms with Crippen molar-refractivity contribution >= 4 is 56.5 Å². The lowest BCUT2D eigenvalue weighted by molar-refractivity contribution is 0.101. The molecule has 3 aromatic rings. The molecule has 0 aliphatic carbocycles. The van der Waals surface area contributed by atoms with Crippen molar-refractivity contribution in [2.75, 3.05) is 5.32 Å². The lowest BCUT2D eigenvalue weighted by atomic mass is 10.0. The minimum Gasteiger partial charge on any atom is -0.320 e. The number of pyridine rings is 1. The van der Waals surface area contributed by atoms with Gasteiger partial charge in [-0.25, -0.2) is 9.67 Å². The Morgan fingerprint density at radius 3 is 2.63 bits per heavy atom. The van der Waals surface area contributed by atoms with Gasteiger partial charge in [-0.2, -0.15) is 5.10 Å². The number of Topliss-reactive ketones (excluding diaryl/α,β-unsaturated/α-hetero) is 1. The zero-order chi connectivity index (χ0) is 19.7. The van der Waals surface area contributed by atoms with Crippen molar-refractivity contribution in [1.29, 1.82) is 0 Å². The molecule has 0 radical (unpaired) electrons. The van der Waals surface area contributed by atoms with Crippen LogP contribution >= 0.6 is 39.1 Å². The van der Waals surface area contributed by atoms with Crippen molar-refractivity contribution in [2.45, 2.75) is 13.8 Å². The average Bonchev–Trinajstić information content (AvgIpc) is 2.99. The number of amides is 1. The van der Waals surface area contributed by atoms with Gasteiger partial charge in [0.1, 0.15) is 10.3 Å². The molecule has 138 valence electrons. The van der Waals surface area contributed by atoms with Crippen LogP contribution in [0.15, 0.2) is 41.1 Å². The summed E-state index contributed by atoms with van der Waals surface area (Å²) in [5.74, 6) is -0.365. The molecule has 0 aliphatic heterocycles. The predicted octanol–water partition coefficient (Wildman–Crippen LogP) is 5.10. The number of nitrogens with zero attached hydrogens (tertiary/aromatic N) is 3. The fraction of sp³-hybridized carbons (Fsp3) is 0.111. The van der Waals surface area contributed by atoms with Crippen LogP contribution in [-0.2, 0) is 0 Å². The molecule has 0 saturated carbocycles. The summed E-state index contributed by atoms with van der Waals surface area (Å²) in [7, 11) is 0. The average molecular weight is 468 g/mol. The zero-order valence-electron chi connectivity index (χ0n) is 14.3. The summed E-state index contributed by atoms with van der Waals surface area (Å²) in [6.45, 7) is 3.17. The summed E-state index contributed by atoms with van der Waals surface area (Å²) in [6.07, 6.45) is 1.55. The van der Waals surface area contributed by atoms with E-state index in [4.69, 9.17) is 23.2 Å². The zero-order valence-corrected chi connectivity index (χ0v) is 17.4. The fourth-order valence-electron chi connectivity index (χ4n) is 2.57. The van der Waals surface area contributed by atoms with Gasteiger partial charge in [-0.05, 0) is 59.6 Å². The van der Waals surface area contributed by atoms with E-state index in [0.717, 1.165) is 0 Å². The first-order valence-electron chi connectivity index (χ1n) is 7.77. The van der Waals surface area contributed by atoms with Crippen LogP contribution in [0.4, 0.5) is 5.69 Å². The number of rotatable bonds is 4. The highest BCUT2D eigenvalue weighted by atomic mass is 79.9. The maximum absolute atomic E-state index is 12.9. The van der Waals surface area contributed by atoms with Crippen molar-refractivity contribution in [3.05, 3.63) is 68.0 Å². The second kappa shape index (κ2) is 7.80. The summed E-state index contributed by atoms with van der Waals surface area (Å²) in [4.78, 5) is 29.1. The van der Waals surface area contributed by atoms with Gasteiger partial charge in [0.2, 0.25) is 0 Å². The molecule has 0 spiro atoms. The van der Waals surface area contributed by atoms with E-state index in [2.05, 4.69) is 31.3 Å². The summed E-state index contributed by atoms with van der Waals surface area (Å²) < 4.78 is 1.77. The molecule has 0 bridgehead atoms. The second-order valence-electron chi connectivity index (χ2n) is 5.73. The quantitative estimate of drug-likeness (QED) is 0.541. The largest absolute Gasteiger partial charge is 0.320 e. The van der Waals surface area contributed by atoms with Crippen LogP contribution in [0.3, 0.4) is 0 Å². The Morgan fingerprint density at radius 1 is 1.22 bits per heavy atom. The molecule has 0 fully saturated rings. The van der Waals surface area contributed by atoms with Crippen LogP contribution < -0.4 is 5.32 Å². The topological polar surface area (TPSA) is 76.9 Å². The summed E-state index contributed by atoms with van der Waals surface area (Å²) in [5, 5.41) is 7.77. The van der Waals surface area contributed by atoms with E-state index in [-0.39, 0.29) is 11.5 Å². The van der Waals surface area contributed by atoms with Gasteiger partial charge in [0.25, 0.3) is 5.91 Å². The third kappa shape index (κ3) is 4.05. The maximum atomic E-state index is 12.9. The summed E-state index contributed by atoms with van der Waals surface area (Å²) >= 11 is 15.5. The van der Waals surface area contributed by atoms with Crippen molar-refractivity contribution < 1.29 is 9.59 Å². The molecule has 6 nitrogen and oxygen atoms in total. The number of carbonyl (C=O) groups excluding carboxylic acids is 2. The molecule has 1 N–H and O–H groups in total. The highest BCUT2D eigenvalue weighted by molar-refractivity contribution is 9.10. The molecule has 2 aromatic heterocycles. The number of hydrogen-bond donors (Lipinski definition) is 1. The Morgan fingerprint density at radius 2 is 1.96 bits per heavy atom. The number of aromatic nitrogens is 3. The molecule has 1 amide bonds. The molecule has 0 aliphatic rings. The van der Waals surface area contributed by atoms with E-state index in [1.54, 1.807) is 37.4 Å². The van der Waals surface area contributed by atoms with Gasteiger partial charge in [0, 0.05) is 22.8 Å². The van der Waals surface area contributed by atoms with E-state index in [1.165, 1.54) is 17.7 Å². The molecular weight excluding hydrogens is 455 g/mol. The van der Waals surface area contributed by atoms with E-state index >= 15 is 0 Å². The standard InChI is InChI=1S/C18H13BrCl2N4O2/c1-9-6-11(20)7-12(10(2)26)16(9)23-18(27)14-8-15(19)24-25(14)17-13(21)4-3-5-22-17/h3-8H,1-2H3,(H,23,27). The number of benzene rings is 1. The molecule has 2 heterocycles. The Hall–Kier alpha value is -2.22. The third-order valence-corrected chi connectivity index (χ3v) is 4.67. The fourth-order valence-corrected chi connectivity index (χ4v) is 3.42. The number of nitrogens with one attached hydrogen (secondary N) is 1. The minimum absolute atomic E-state index is 0.200. The normalized spacial score (nSPS) is 10.7. The van der Waals surface area contributed by atoms with E-state index in [1.807, 2.05) is 0 Å². The maximum Gasteiger partial charge on any atom is 0.274 e. The first kappa shape index (κ1) is 19.5. The Bertz CT molecular complexity index is 1070. The van der Waals surface area contributed by atoms with Crippen LogP contribution in [0, 0.1) is 6.92 Å². The van der Waals surface area contributed by atoms with E-state index in [9.17, 15) is 9.59 Å². The number of hydrogen-bond acceptors (Lipinski definition) is 4. The van der Waals surface area contributed by atoms with Crippen LogP contribution in [0.25, 0.3) is 5.82 Å². The highest BCUT2D eigenvalue weighted by Crippen LogP contribution is 2.28. The van der Waals surface area contributed by atoms with Gasteiger partial charge in [0.05, 0.1) is 10.7 Å². The van der Waals surface area contributed by atoms with Gasteiger partial charge < -0.3 is 5.32 Å². The van der Waals surface area contributed by atoms with E-state index in [0.29, 0.717) is 37.3 Å². The SMILES string of the molecule is CC(=O)c1cc(Cl)cc(C)c1NC(=O)c1cc(Br)nn1-c1ncccc1Cl. The third-order valence-electron chi connectivity index (χ3n) is 3.77. The molecule has 0 saturated heterocycles. The first-order chi connectivity index (χ1) is 12.8. The molecule has 3 rings (SSSR count). The number of ketones is 1. The monoisotopic (exact) mass is 466 g/mol. The van der Waals surface area contributed by atoms with Gasteiger partial charge in [0.15, 0.2) is 11.6 Å². The molecule has 1 aromatic carbocycles. The minimum atomic E-state index is -0.470. The van der Waals surface area contributed by atoms with Crippen LogP contribution in [0.2, 0.25) is 10.0 Å². The van der Waals surface area contributed by atoms with Crippen molar-refractivity contribution in [3.63, 3.8) is 0 Å². The van der Waals surface area contributed by atoms with Gasteiger partial charge in [-0.15, -0.1) is 0 Å². The molecule has 0 atom stereocenters. The predicted molar refractivity (Wildman–Crippen MR) is 108 cm³/mol. The summed E-state index contributed by atoms with van der Waals surface area (Å²) in [5.41, 5.74) is 1.59. The van der Waals surface area contributed by atoms with Gasteiger partial charge >= 0.3 is 0 Å². The smallest absolute Gasteiger partial charge is 0.274 e. The van der Waals surface area contributed by atoms with Gasteiger partial charge in [-0.3, -0.25) is 9.59 Å². The van der Waals surface area contributed by atoms with Crippen LogP contribution in [0.5, 0.6) is 0 Å². The lowest BCUT2D eigenvalue weighted by Crippen LogP contribution is -2.19. The van der Waals surface area contributed by atoms with Crippen molar-refractivity contribution in [1.82, 2.24) is 14.8 Å². The van der Waals surface area contributed by atoms with Crippen LogP contribution in [-0.4, -0.2) is 26.5 Å². The number of carbonyl (C=O) groups is 2. The van der Waals surface area contributed by atoms with Crippen molar-refractivity contribution in [3.8, 4) is 5.82 Å². The highest BCUT2D eigenvalue weighted by Gasteiger charge is 2.21. The van der Waals surface area contributed by atoms with Crippen LogP contribution in [0.1, 0.15) is 33.3 Å². The Labute approximate surface area is 173 Å². The molecule has 0 unspecified atom stereocenters. The molecular formula is C18H13BrCl2N4O2. The second-order valence-corrected chi connectivity index (χ2v) is 7.38. The lowest BCUT2D eigenvalue weighted by Gasteiger charge is -2.14. The number of anilines is 1. The molecule has 27 heavy (non-hydrogen) atoms. The van der Waals surface area contributed by atoms with Gasteiger partial charge in [-0.1, -0.05) is 23.2 Å². The Balaban J connectivity index is 2.05. The number of aryl methyl sites for hydroxylation is 1. The molecule has 9 heteroatoms. The Kier molecular flexibility index (Phi) is 5.64. The van der Waals surface area contributed by atoms with E-state index < -0.39 is 5.91 Å². The first-order valence-corrected chi connectivity index (χ1v) is 9.31. The number of halogens is 3.